The van der Waals surface area contributed by atoms with Gasteiger partial charge in [0.2, 0.25) is 4.73 Å². The van der Waals surface area contributed by atoms with E-state index >= 15 is 0 Å². The van der Waals surface area contributed by atoms with Crippen LogP contribution in [0.5, 0.6) is 0 Å². The maximum absolute atomic E-state index is 12.1. The Balaban J connectivity index is 1.86. The Bertz CT molecular complexity index is 722. The van der Waals surface area contributed by atoms with Crippen molar-refractivity contribution in [1.29, 1.82) is 0 Å². The average molecular weight is 333 g/mol. The molecule has 100 valence electrons. The number of carbonyl (C=O) groups excluding carboxylic acids is 1. The summed E-state index contributed by atoms with van der Waals surface area (Å²) in [7, 11) is 0. The Hall–Kier alpha value is -2.35. The van der Waals surface area contributed by atoms with Gasteiger partial charge in [-0.1, -0.05) is 30.3 Å². The Morgan fingerprint density at radius 2 is 2.05 bits per heavy atom. The predicted octanol–water partition coefficient (Wildman–Crippen LogP) is 1.74. The number of nitrogens with zero attached hydrogens (tertiary/aromatic N) is 6. The first kappa shape index (κ1) is 12.7. The molecule has 0 saturated heterocycles. The molecule has 0 amide bonds. The van der Waals surface area contributed by atoms with Gasteiger partial charge in [0.25, 0.3) is 0 Å². The minimum atomic E-state index is -0.443. The monoisotopic (exact) mass is 332 g/mol. The summed E-state index contributed by atoms with van der Waals surface area (Å²) in [6.45, 7) is 0. The van der Waals surface area contributed by atoms with Crippen LogP contribution in [0.3, 0.4) is 0 Å². The first-order valence-corrected chi connectivity index (χ1v) is 6.58. The van der Waals surface area contributed by atoms with Gasteiger partial charge in [-0.2, -0.15) is 14.5 Å². The zero-order valence-electron chi connectivity index (χ0n) is 10.2. The van der Waals surface area contributed by atoms with Crippen molar-refractivity contribution in [2.45, 2.75) is 6.42 Å². The molecule has 0 fully saturated rings. The van der Waals surface area contributed by atoms with E-state index in [2.05, 4.69) is 36.1 Å². The molecule has 0 aliphatic heterocycles. The van der Waals surface area contributed by atoms with Gasteiger partial charge in [0.1, 0.15) is 12.7 Å². The first-order valence-electron chi connectivity index (χ1n) is 5.79. The lowest BCUT2D eigenvalue weighted by Crippen LogP contribution is -2.21. The standard InChI is InChI=1S/C12H9BrN6O/c13-11-16-10(6-9-4-2-1-3-5-9)17-19(11)12(20)18-8-14-7-15-18/h1-5,7-8H,6H2. The quantitative estimate of drug-likeness (QED) is 0.714. The van der Waals surface area contributed by atoms with Crippen molar-refractivity contribution in [3.63, 3.8) is 0 Å². The fourth-order valence-electron chi connectivity index (χ4n) is 1.71. The number of carbonyl (C=O) groups is 1. The van der Waals surface area contributed by atoms with Gasteiger partial charge < -0.3 is 0 Å². The van der Waals surface area contributed by atoms with Crippen molar-refractivity contribution in [1.82, 2.24) is 29.5 Å². The van der Waals surface area contributed by atoms with E-state index in [1.807, 2.05) is 30.3 Å². The summed E-state index contributed by atoms with van der Waals surface area (Å²) >= 11 is 3.22. The van der Waals surface area contributed by atoms with Crippen molar-refractivity contribution in [3.05, 3.63) is 59.1 Å². The Labute approximate surface area is 122 Å². The second-order valence-corrected chi connectivity index (χ2v) is 4.70. The Kier molecular flexibility index (Phi) is 3.38. The normalized spacial score (nSPS) is 10.7. The highest BCUT2D eigenvalue weighted by molar-refractivity contribution is 9.10. The van der Waals surface area contributed by atoms with Gasteiger partial charge in [0.05, 0.1) is 0 Å². The molecule has 0 unspecified atom stereocenters. The molecule has 0 aliphatic carbocycles. The van der Waals surface area contributed by atoms with E-state index in [9.17, 15) is 4.79 Å². The molecule has 2 aromatic heterocycles. The molecule has 0 bridgehead atoms. The lowest BCUT2D eigenvalue weighted by molar-refractivity contribution is 0.237. The zero-order valence-corrected chi connectivity index (χ0v) is 11.8. The predicted molar refractivity (Wildman–Crippen MR) is 73.2 cm³/mol. The molecular formula is C12H9BrN6O. The van der Waals surface area contributed by atoms with Crippen molar-refractivity contribution in [2.75, 3.05) is 0 Å². The molecule has 7 nitrogen and oxygen atoms in total. The lowest BCUT2D eigenvalue weighted by Gasteiger charge is -1.98. The van der Waals surface area contributed by atoms with E-state index in [4.69, 9.17) is 0 Å². The average Bonchev–Trinajstić information content (AvgIpc) is 3.09. The molecule has 2 heterocycles. The van der Waals surface area contributed by atoms with Crippen LogP contribution in [0.1, 0.15) is 11.4 Å². The van der Waals surface area contributed by atoms with Crippen LogP contribution in [0.25, 0.3) is 0 Å². The second-order valence-electron chi connectivity index (χ2n) is 3.99. The number of halogens is 1. The van der Waals surface area contributed by atoms with Gasteiger partial charge in [-0.15, -0.1) is 5.10 Å². The summed E-state index contributed by atoms with van der Waals surface area (Å²) < 4.78 is 2.57. The van der Waals surface area contributed by atoms with Crippen LogP contribution in [0.2, 0.25) is 0 Å². The Morgan fingerprint density at radius 3 is 2.75 bits per heavy atom. The summed E-state index contributed by atoms with van der Waals surface area (Å²) in [6.07, 6.45) is 3.15. The molecule has 0 radical (unpaired) electrons. The number of benzene rings is 1. The van der Waals surface area contributed by atoms with Crippen LogP contribution in [0, 0.1) is 0 Å². The molecule has 8 heteroatoms. The molecule has 3 aromatic rings. The molecule has 0 atom stereocenters. The van der Waals surface area contributed by atoms with E-state index in [1.165, 1.54) is 12.7 Å². The number of aromatic nitrogens is 6. The van der Waals surface area contributed by atoms with Crippen molar-refractivity contribution in [3.8, 4) is 0 Å². The van der Waals surface area contributed by atoms with E-state index in [0.717, 1.165) is 14.9 Å². The third-order valence-electron chi connectivity index (χ3n) is 2.61. The molecule has 0 spiro atoms. The molecule has 0 aliphatic rings. The van der Waals surface area contributed by atoms with Gasteiger partial charge in [-0.3, -0.25) is 0 Å². The van der Waals surface area contributed by atoms with Gasteiger partial charge in [-0.25, -0.2) is 14.8 Å². The topological polar surface area (TPSA) is 78.5 Å². The molecule has 0 N–H and O–H groups in total. The third kappa shape index (κ3) is 2.50. The summed E-state index contributed by atoms with van der Waals surface area (Å²) in [4.78, 5) is 20.0. The van der Waals surface area contributed by atoms with Gasteiger partial charge in [0.15, 0.2) is 5.82 Å². The lowest BCUT2D eigenvalue weighted by atomic mass is 10.1. The van der Waals surface area contributed by atoms with E-state index in [-0.39, 0.29) is 0 Å². The highest BCUT2D eigenvalue weighted by Crippen LogP contribution is 2.11. The number of hydrogen-bond acceptors (Lipinski definition) is 5. The van der Waals surface area contributed by atoms with Crippen LogP contribution in [-0.2, 0) is 6.42 Å². The fraction of sp³-hybridized carbons (Fsp3) is 0.0833. The van der Waals surface area contributed by atoms with Crippen LogP contribution in [0.15, 0.2) is 47.7 Å². The van der Waals surface area contributed by atoms with Crippen LogP contribution < -0.4 is 0 Å². The minimum Gasteiger partial charge on any atom is -0.243 e. The van der Waals surface area contributed by atoms with Crippen LogP contribution in [-0.4, -0.2) is 35.6 Å². The summed E-state index contributed by atoms with van der Waals surface area (Å²) in [5.41, 5.74) is 1.07. The van der Waals surface area contributed by atoms with Gasteiger partial charge in [0, 0.05) is 6.42 Å². The van der Waals surface area contributed by atoms with Crippen molar-refractivity contribution in [2.24, 2.45) is 0 Å². The Morgan fingerprint density at radius 1 is 1.25 bits per heavy atom. The molecule has 3 rings (SSSR count). The maximum atomic E-state index is 12.1. The van der Waals surface area contributed by atoms with Gasteiger partial charge >= 0.3 is 6.03 Å². The van der Waals surface area contributed by atoms with Crippen LogP contribution >= 0.6 is 15.9 Å². The minimum absolute atomic E-state index is 0.337. The number of rotatable bonds is 2. The summed E-state index contributed by atoms with van der Waals surface area (Å²) in [5, 5.41) is 7.95. The van der Waals surface area contributed by atoms with Crippen LogP contribution in [0.4, 0.5) is 4.79 Å². The molecule has 0 saturated carbocycles. The summed E-state index contributed by atoms with van der Waals surface area (Å²) in [6, 6.07) is 9.35. The molecule has 1 aromatic carbocycles. The highest BCUT2D eigenvalue weighted by atomic mass is 79.9. The van der Waals surface area contributed by atoms with Crippen molar-refractivity contribution < 1.29 is 4.79 Å². The molecule has 20 heavy (non-hydrogen) atoms. The largest absolute Gasteiger partial charge is 0.373 e. The smallest absolute Gasteiger partial charge is 0.243 e. The van der Waals surface area contributed by atoms with Crippen molar-refractivity contribution >= 4 is 22.0 Å². The zero-order chi connectivity index (χ0) is 13.9. The van der Waals surface area contributed by atoms with E-state index < -0.39 is 6.03 Å². The van der Waals surface area contributed by atoms with E-state index in [0.29, 0.717) is 17.0 Å². The first-order chi connectivity index (χ1) is 9.74. The highest BCUT2D eigenvalue weighted by Gasteiger charge is 2.16. The van der Waals surface area contributed by atoms with E-state index in [1.54, 1.807) is 0 Å². The number of hydrogen-bond donors (Lipinski definition) is 0. The maximum Gasteiger partial charge on any atom is 0.373 e. The SMILES string of the molecule is O=C(n1cncn1)n1nc(Cc2ccccc2)nc1Br. The molecular weight excluding hydrogens is 324 g/mol. The summed E-state index contributed by atoms with van der Waals surface area (Å²) in [5.74, 6) is 0.552. The third-order valence-corrected chi connectivity index (χ3v) is 3.13. The van der Waals surface area contributed by atoms with Gasteiger partial charge in [-0.05, 0) is 21.5 Å². The second kappa shape index (κ2) is 5.33. The fourth-order valence-corrected chi connectivity index (χ4v) is 2.15.